The van der Waals surface area contributed by atoms with Crippen LogP contribution in [-0.2, 0) is 0 Å². The molecule has 100 valence electrons. The van der Waals surface area contributed by atoms with E-state index in [4.69, 9.17) is 11.6 Å². The van der Waals surface area contributed by atoms with E-state index in [1.807, 2.05) is 0 Å². The molecule has 1 amide bonds. The molecule has 18 heavy (non-hydrogen) atoms. The van der Waals surface area contributed by atoms with Crippen molar-refractivity contribution in [1.82, 2.24) is 10.3 Å². The number of carbonyl (C=O) groups excluding carboxylic acids is 1. The van der Waals surface area contributed by atoms with Gasteiger partial charge in [0.1, 0.15) is 5.69 Å². The number of aromatic nitrogens is 1. The predicted octanol–water partition coefficient (Wildman–Crippen LogP) is 3.62. The highest BCUT2D eigenvalue weighted by molar-refractivity contribution is 9.10. The minimum Gasteiger partial charge on any atom is -0.349 e. The Morgan fingerprint density at radius 2 is 2.11 bits per heavy atom. The SMILES string of the molecule is CCC(CC)C(Cl)CNC(=O)c1ccc(Br)cn1. The lowest BCUT2D eigenvalue weighted by atomic mass is 9.99. The largest absolute Gasteiger partial charge is 0.349 e. The Morgan fingerprint density at radius 1 is 1.44 bits per heavy atom. The second-order valence-corrected chi connectivity index (χ2v) is 5.64. The first-order valence-corrected chi connectivity index (χ1v) is 7.35. The molecule has 3 nitrogen and oxygen atoms in total. The minimum absolute atomic E-state index is 0.0283. The van der Waals surface area contributed by atoms with Crippen LogP contribution in [0.2, 0.25) is 0 Å². The van der Waals surface area contributed by atoms with Crippen LogP contribution in [0.1, 0.15) is 37.2 Å². The lowest BCUT2D eigenvalue weighted by Gasteiger charge is -2.19. The smallest absolute Gasteiger partial charge is 0.269 e. The summed E-state index contributed by atoms with van der Waals surface area (Å²) in [6.07, 6.45) is 3.65. The summed E-state index contributed by atoms with van der Waals surface area (Å²) in [4.78, 5) is 15.9. The number of hydrogen-bond acceptors (Lipinski definition) is 2. The van der Waals surface area contributed by atoms with Crippen LogP contribution in [0, 0.1) is 5.92 Å². The highest BCUT2D eigenvalue weighted by Gasteiger charge is 2.17. The Morgan fingerprint density at radius 3 is 2.61 bits per heavy atom. The fourth-order valence-electron chi connectivity index (χ4n) is 1.76. The Labute approximate surface area is 121 Å². The standard InChI is InChI=1S/C13H18BrClN2O/c1-3-9(4-2)11(15)8-17-13(18)12-6-5-10(14)7-16-12/h5-7,9,11H,3-4,8H2,1-2H3,(H,17,18). The van der Waals surface area contributed by atoms with Gasteiger partial charge in [-0.05, 0) is 34.0 Å². The van der Waals surface area contributed by atoms with E-state index >= 15 is 0 Å². The van der Waals surface area contributed by atoms with Crippen molar-refractivity contribution in [2.24, 2.45) is 5.92 Å². The third-order valence-electron chi connectivity index (χ3n) is 2.98. The van der Waals surface area contributed by atoms with Gasteiger partial charge in [0, 0.05) is 17.2 Å². The summed E-state index contributed by atoms with van der Waals surface area (Å²) in [5.41, 5.74) is 0.409. The molecule has 1 atom stereocenters. The molecule has 1 aromatic rings. The summed E-state index contributed by atoms with van der Waals surface area (Å²) < 4.78 is 0.853. The molecule has 0 aliphatic heterocycles. The van der Waals surface area contributed by atoms with Crippen LogP contribution in [0.5, 0.6) is 0 Å². The zero-order valence-electron chi connectivity index (χ0n) is 10.6. The van der Waals surface area contributed by atoms with Crippen molar-refractivity contribution in [3.8, 4) is 0 Å². The number of pyridine rings is 1. The molecular formula is C13H18BrClN2O. The van der Waals surface area contributed by atoms with Crippen LogP contribution in [-0.4, -0.2) is 22.8 Å². The maximum Gasteiger partial charge on any atom is 0.269 e. The van der Waals surface area contributed by atoms with Crippen LogP contribution >= 0.6 is 27.5 Å². The van der Waals surface area contributed by atoms with Crippen LogP contribution in [0.3, 0.4) is 0 Å². The lowest BCUT2D eigenvalue weighted by molar-refractivity contribution is 0.0946. The van der Waals surface area contributed by atoms with Gasteiger partial charge < -0.3 is 5.32 Å². The van der Waals surface area contributed by atoms with E-state index in [9.17, 15) is 4.79 Å². The zero-order valence-corrected chi connectivity index (χ0v) is 13.0. The van der Waals surface area contributed by atoms with E-state index in [1.54, 1.807) is 18.3 Å². The first-order valence-electron chi connectivity index (χ1n) is 6.12. The Hall–Kier alpha value is -0.610. The van der Waals surface area contributed by atoms with Crippen molar-refractivity contribution in [2.45, 2.75) is 32.1 Å². The van der Waals surface area contributed by atoms with Gasteiger partial charge in [-0.15, -0.1) is 11.6 Å². The van der Waals surface area contributed by atoms with Gasteiger partial charge in [-0.1, -0.05) is 26.7 Å². The Kier molecular flexibility index (Phi) is 6.65. The molecule has 1 aromatic heterocycles. The predicted molar refractivity (Wildman–Crippen MR) is 78.0 cm³/mol. The van der Waals surface area contributed by atoms with E-state index < -0.39 is 0 Å². The molecule has 0 radical (unpaired) electrons. The molecule has 0 aliphatic carbocycles. The number of nitrogens with zero attached hydrogens (tertiary/aromatic N) is 1. The summed E-state index contributed by atoms with van der Waals surface area (Å²) in [6, 6.07) is 3.47. The Balaban J connectivity index is 2.48. The van der Waals surface area contributed by atoms with Gasteiger partial charge >= 0.3 is 0 Å². The van der Waals surface area contributed by atoms with Crippen molar-refractivity contribution in [3.05, 3.63) is 28.5 Å². The second kappa shape index (κ2) is 7.74. The van der Waals surface area contributed by atoms with E-state index in [0.29, 0.717) is 18.2 Å². The average molecular weight is 334 g/mol. The second-order valence-electron chi connectivity index (χ2n) is 4.16. The lowest BCUT2D eigenvalue weighted by Crippen LogP contribution is -2.33. The molecule has 1 heterocycles. The molecule has 0 bridgehead atoms. The number of rotatable bonds is 6. The van der Waals surface area contributed by atoms with Crippen LogP contribution < -0.4 is 5.32 Å². The molecular weight excluding hydrogens is 316 g/mol. The molecule has 1 rings (SSSR count). The summed E-state index contributed by atoms with van der Waals surface area (Å²) in [5, 5.41) is 2.79. The fourth-order valence-corrected chi connectivity index (χ4v) is 2.43. The van der Waals surface area contributed by atoms with Gasteiger partial charge in [0.05, 0.1) is 5.38 Å². The monoisotopic (exact) mass is 332 g/mol. The number of halogens is 2. The Bertz CT molecular complexity index is 379. The van der Waals surface area contributed by atoms with Gasteiger partial charge in [-0.2, -0.15) is 0 Å². The summed E-state index contributed by atoms with van der Waals surface area (Å²) in [7, 11) is 0. The normalized spacial score (nSPS) is 12.5. The molecule has 1 N–H and O–H groups in total. The van der Waals surface area contributed by atoms with Gasteiger partial charge in [-0.25, -0.2) is 4.98 Å². The van der Waals surface area contributed by atoms with Gasteiger partial charge in [0.2, 0.25) is 0 Å². The number of alkyl halides is 1. The quantitative estimate of drug-likeness (QED) is 0.808. The van der Waals surface area contributed by atoms with E-state index in [1.165, 1.54) is 0 Å². The third-order valence-corrected chi connectivity index (χ3v) is 3.96. The maximum atomic E-state index is 11.8. The van der Waals surface area contributed by atoms with Crippen molar-refractivity contribution in [3.63, 3.8) is 0 Å². The number of nitrogens with one attached hydrogen (secondary N) is 1. The van der Waals surface area contributed by atoms with Gasteiger partial charge in [0.25, 0.3) is 5.91 Å². The molecule has 0 aromatic carbocycles. The number of carbonyl (C=O) groups is 1. The van der Waals surface area contributed by atoms with Crippen molar-refractivity contribution >= 4 is 33.4 Å². The van der Waals surface area contributed by atoms with Crippen molar-refractivity contribution in [2.75, 3.05) is 6.54 Å². The first-order chi connectivity index (χ1) is 8.58. The summed E-state index contributed by atoms with van der Waals surface area (Å²) in [6.45, 7) is 4.70. The molecule has 0 aliphatic rings. The topological polar surface area (TPSA) is 42.0 Å². The highest BCUT2D eigenvalue weighted by atomic mass is 79.9. The van der Waals surface area contributed by atoms with Crippen LogP contribution in [0.15, 0.2) is 22.8 Å². The number of hydrogen-bond donors (Lipinski definition) is 1. The van der Waals surface area contributed by atoms with Gasteiger partial charge in [-0.3, -0.25) is 4.79 Å². The summed E-state index contributed by atoms with van der Waals surface area (Å²) >= 11 is 9.54. The molecule has 0 fully saturated rings. The molecule has 0 spiro atoms. The van der Waals surface area contributed by atoms with Crippen LogP contribution in [0.25, 0.3) is 0 Å². The highest BCUT2D eigenvalue weighted by Crippen LogP contribution is 2.17. The third kappa shape index (κ3) is 4.58. The van der Waals surface area contributed by atoms with E-state index in [2.05, 4.69) is 40.1 Å². The zero-order chi connectivity index (χ0) is 13.5. The molecule has 0 saturated heterocycles. The van der Waals surface area contributed by atoms with Crippen molar-refractivity contribution < 1.29 is 4.79 Å². The fraction of sp³-hybridized carbons (Fsp3) is 0.538. The number of amides is 1. The maximum absolute atomic E-state index is 11.8. The van der Waals surface area contributed by atoms with E-state index in [-0.39, 0.29) is 11.3 Å². The van der Waals surface area contributed by atoms with Crippen molar-refractivity contribution in [1.29, 1.82) is 0 Å². The molecule has 1 unspecified atom stereocenters. The first kappa shape index (κ1) is 15.4. The summed E-state index contributed by atoms with van der Waals surface area (Å²) in [5.74, 6) is 0.254. The minimum atomic E-state index is -0.181. The molecule has 0 saturated carbocycles. The average Bonchev–Trinajstić information content (AvgIpc) is 2.38. The van der Waals surface area contributed by atoms with E-state index in [0.717, 1.165) is 17.3 Å². The van der Waals surface area contributed by atoms with Crippen LogP contribution in [0.4, 0.5) is 0 Å². The molecule has 5 heteroatoms. The van der Waals surface area contributed by atoms with Gasteiger partial charge in [0.15, 0.2) is 0 Å².